The van der Waals surface area contributed by atoms with Crippen LogP contribution in [0, 0.1) is 11.3 Å². The van der Waals surface area contributed by atoms with Crippen molar-refractivity contribution in [2.24, 2.45) is 11.3 Å². The van der Waals surface area contributed by atoms with Gasteiger partial charge in [-0.2, -0.15) is 0 Å². The maximum Gasteiger partial charge on any atom is 0.407 e. The highest BCUT2D eigenvalue weighted by Crippen LogP contribution is 2.51. The topological polar surface area (TPSA) is 59.6 Å². The van der Waals surface area contributed by atoms with E-state index in [1.807, 2.05) is 20.8 Å². The van der Waals surface area contributed by atoms with Crippen molar-refractivity contribution < 1.29 is 14.3 Å². The predicted molar refractivity (Wildman–Crippen MR) is 86.9 cm³/mol. The molecule has 1 saturated carbocycles. The summed E-state index contributed by atoms with van der Waals surface area (Å²) in [5.41, 5.74) is -0.297. The molecule has 128 valence electrons. The van der Waals surface area contributed by atoms with Gasteiger partial charge in [-0.3, -0.25) is 0 Å². The van der Waals surface area contributed by atoms with Crippen LogP contribution < -0.4 is 10.6 Å². The third kappa shape index (κ3) is 3.93. The Bertz CT molecular complexity index is 403. The molecule has 0 aromatic carbocycles. The fourth-order valence-electron chi connectivity index (χ4n) is 3.78. The Morgan fingerprint density at radius 3 is 2.73 bits per heavy atom. The van der Waals surface area contributed by atoms with E-state index in [1.165, 1.54) is 6.42 Å². The first kappa shape index (κ1) is 17.5. The summed E-state index contributed by atoms with van der Waals surface area (Å²) in [6.45, 7) is 13.7. The SMILES string of the molecule is CC(CNC(=O)OC(C)(C)C)NC1C2CCCOC2C1(C)C. The molecule has 1 amide bonds. The Balaban J connectivity index is 1.77. The first-order chi connectivity index (χ1) is 10.1. The second-order valence-electron chi connectivity index (χ2n) is 8.35. The number of carbonyl (C=O) groups excluding carboxylic acids is 1. The Morgan fingerprint density at radius 2 is 2.09 bits per heavy atom. The van der Waals surface area contributed by atoms with E-state index in [0.29, 0.717) is 24.6 Å². The molecule has 0 radical (unpaired) electrons. The normalized spacial score (nSPS) is 31.6. The van der Waals surface area contributed by atoms with Crippen molar-refractivity contribution >= 4 is 6.09 Å². The second-order valence-corrected chi connectivity index (χ2v) is 8.35. The summed E-state index contributed by atoms with van der Waals surface area (Å²) in [4.78, 5) is 11.7. The van der Waals surface area contributed by atoms with E-state index in [9.17, 15) is 4.79 Å². The van der Waals surface area contributed by atoms with E-state index in [4.69, 9.17) is 9.47 Å². The van der Waals surface area contributed by atoms with Gasteiger partial charge in [0.2, 0.25) is 0 Å². The highest BCUT2D eigenvalue weighted by atomic mass is 16.6. The highest BCUT2D eigenvalue weighted by molar-refractivity contribution is 5.67. The molecular formula is C17H32N2O3. The molecule has 5 nitrogen and oxygen atoms in total. The largest absolute Gasteiger partial charge is 0.444 e. The number of fused-ring (bicyclic) bond motifs is 1. The molecule has 1 saturated heterocycles. The Morgan fingerprint density at radius 1 is 1.41 bits per heavy atom. The summed E-state index contributed by atoms with van der Waals surface area (Å²) in [7, 11) is 0. The number of hydrogen-bond donors (Lipinski definition) is 2. The van der Waals surface area contributed by atoms with Crippen molar-refractivity contribution in [2.75, 3.05) is 13.2 Å². The van der Waals surface area contributed by atoms with Crippen molar-refractivity contribution in [1.29, 1.82) is 0 Å². The van der Waals surface area contributed by atoms with Crippen LogP contribution in [0.2, 0.25) is 0 Å². The van der Waals surface area contributed by atoms with Crippen LogP contribution in [0.1, 0.15) is 54.4 Å². The molecule has 2 aliphatic rings. The van der Waals surface area contributed by atoms with Gasteiger partial charge in [0.25, 0.3) is 0 Å². The quantitative estimate of drug-likeness (QED) is 0.838. The number of amides is 1. The summed E-state index contributed by atoms with van der Waals surface area (Å²) in [5.74, 6) is 0.604. The van der Waals surface area contributed by atoms with Gasteiger partial charge in [0.15, 0.2) is 0 Å². The minimum atomic E-state index is -0.455. The number of hydrogen-bond acceptors (Lipinski definition) is 4. The molecular weight excluding hydrogens is 280 g/mol. The summed E-state index contributed by atoms with van der Waals surface area (Å²) in [5, 5.41) is 6.51. The minimum Gasteiger partial charge on any atom is -0.444 e. The summed E-state index contributed by atoms with van der Waals surface area (Å²) in [6.07, 6.45) is 2.41. The first-order valence-electron chi connectivity index (χ1n) is 8.46. The number of alkyl carbamates (subject to hydrolysis) is 1. The van der Waals surface area contributed by atoms with Crippen LogP contribution in [0.15, 0.2) is 0 Å². The van der Waals surface area contributed by atoms with Gasteiger partial charge >= 0.3 is 6.09 Å². The van der Waals surface area contributed by atoms with Gasteiger partial charge in [-0.1, -0.05) is 13.8 Å². The van der Waals surface area contributed by atoms with E-state index in [-0.39, 0.29) is 17.6 Å². The average molecular weight is 312 g/mol. The van der Waals surface area contributed by atoms with Gasteiger partial charge in [-0.05, 0) is 40.5 Å². The lowest BCUT2D eigenvalue weighted by Crippen LogP contribution is -2.70. The van der Waals surface area contributed by atoms with Gasteiger partial charge < -0.3 is 20.1 Å². The molecule has 4 unspecified atom stereocenters. The molecule has 0 spiro atoms. The van der Waals surface area contributed by atoms with Gasteiger partial charge in [0.1, 0.15) is 5.60 Å². The minimum absolute atomic E-state index is 0.158. The van der Waals surface area contributed by atoms with Crippen LogP contribution in [-0.4, -0.2) is 43.0 Å². The Kier molecular flexibility index (Phi) is 5.07. The number of ether oxygens (including phenoxy) is 2. The molecule has 2 N–H and O–H groups in total. The zero-order chi connectivity index (χ0) is 16.5. The summed E-state index contributed by atoms with van der Waals surface area (Å²) < 4.78 is 11.2. The first-order valence-corrected chi connectivity index (χ1v) is 8.46. The van der Waals surface area contributed by atoms with Crippen molar-refractivity contribution in [1.82, 2.24) is 10.6 Å². The van der Waals surface area contributed by atoms with Crippen LogP contribution in [0.3, 0.4) is 0 Å². The van der Waals surface area contributed by atoms with Crippen molar-refractivity contribution in [3.05, 3.63) is 0 Å². The summed E-state index contributed by atoms with van der Waals surface area (Å²) in [6, 6.07) is 0.660. The molecule has 1 aliphatic heterocycles. The molecule has 1 aliphatic carbocycles. The molecule has 22 heavy (non-hydrogen) atoms. The standard InChI is InChI=1S/C17H32N2O3/c1-11(10-18-15(20)22-16(2,3)4)19-13-12-8-7-9-21-14(12)17(13,5)6/h11-14,19H,7-10H2,1-6H3,(H,18,20). The number of nitrogens with one attached hydrogen (secondary N) is 2. The number of carbonyl (C=O) groups is 1. The zero-order valence-electron chi connectivity index (χ0n) is 14.9. The Labute approximate surface area is 134 Å². The molecule has 2 rings (SSSR count). The number of rotatable bonds is 4. The third-order valence-corrected chi connectivity index (χ3v) is 4.75. The van der Waals surface area contributed by atoms with E-state index in [2.05, 4.69) is 31.4 Å². The maximum absolute atomic E-state index is 11.7. The molecule has 4 atom stereocenters. The molecule has 0 bridgehead atoms. The monoisotopic (exact) mass is 312 g/mol. The molecule has 1 heterocycles. The second kappa shape index (κ2) is 6.36. The fourth-order valence-corrected chi connectivity index (χ4v) is 3.78. The predicted octanol–water partition coefficient (Wildman–Crippen LogP) is 2.69. The van der Waals surface area contributed by atoms with E-state index >= 15 is 0 Å². The van der Waals surface area contributed by atoms with Crippen LogP contribution in [0.5, 0.6) is 0 Å². The van der Waals surface area contributed by atoms with Crippen LogP contribution in [0.4, 0.5) is 4.79 Å². The Hall–Kier alpha value is -0.810. The van der Waals surface area contributed by atoms with E-state index in [0.717, 1.165) is 13.0 Å². The molecule has 0 aromatic heterocycles. The molecule has 2 fully saturated rings. The maximum atomic E-state index is 11.7. The zero-order valence-corrected chi connectivity index (χ0v) is 14.9. The van der Waals surface area contributed by atoms with Gasteiger partial charge in [-0.25, -0.2) is 4.79 Å². The van der Waals surface area contributed by atoms with Crippen LogP contribution in [-0.2, 0) is 9.47 Å². The van der Waals surface area contributed by atoms with Gasteiger partial charge in [-0.15, -0.1) is 0 Å². The molecule has 0 aromatic rings. The fraction of sp³-hybridized carbons (Fsp3) is 0.941. The lowest BCUT2D eigenvalue weighted by molar-refractivity contribution is -0.194. The van der Waals surface area contributed by atoms with Crippen molar-refractivity contribution in [3.8, 4) is 0 Å². The third-order valence-electron chi connectivity index (χ3n) is 4.75. The van der Waals surface area contributed by atoms with Crippen molar-refractivity contribution in [2.45, 2.75) is 78.2 Å². The van der Waals surface area contributed by atoms with E-state index < -0.39 is 5.60 Å². The lowest BCUT2D eigenvalue weighted by atomic mass is 9.55. The van der Waals surface area contributed by atoms with Crippen molar-refractivity contribution in [3.63, 3.8) is 0 Å². The van der Waals surface area contributed by atoms with E-state index in [1.54, 1.807) is 0 Å². The van der Waals surface area contributed by atoms with Gasteiger partial charge in [0, 0.05) is 36.6 Å². The summed E-state index contributed by atoms with van der Waals surface area (Å²) >= 11 is 0. The van der Waals surface area contributed by atoms with Crippen LogP contribution in [0.25, 0.3) is 0 Å². The molecule has 5 heteroatoms. The highest BCUT2D eigenvalue weighted by Gasteiger charge is 2.57. The van der Waals surface area contributed by atoms with Gasteiger partial charge in [0.05, 0.1) is 6.10 Å². The lowest BCUT2D eigenvalue weighted by Gasteiger charge is -2.60. The average Bonchev–Trinajstić information content (AvgIpc) is 2.41. The smallest absolute Gasteiger partial charge is 0.407 e. The van der Waals surface area contributed by atoms with Crippen LogP contribution >= 0.6 is 0 Å².